The molecule has 0 saturated carbocycles. The summed E-state index contributed by atoms with van der Waals surface area (Å²) in [6, 6.07) is 3.15. The van der Waals surface area contributed by atoms with Gasteiger partial charge in [0.15, 0.2) is 0 Å². The van der Waals surface area contributed by atoms with Crippen molar-refractivity contribution in [3.8, 4) is 0 Å². The third-order valence-electron chi connectivity index (χ3n) is 4.06. The van der Waals surface area contributed by atoms with Crippen LogP contribution in [0, 0.1) is 6.92 Å². The molecule has 1 aromatic rings. The van der Waals surface area contributed by atoms with E-state index in [9.17, 15) is 8.42 Å². The zero-order chi connectivity index (χ0) is 15.1. The van der Waals surface area contributed by atoms with Crippen LogP contribution in [0.2, 0.25) is 5.02 Å². The van der Waals surface area contributed by atoms with E-state index in [1.165, 1.54) is 6.07 Å². The minimum absolute atomic E-state index is 0.00328. The number of sulfonamides is 1. The molecule has 4 nitrogen and oxygen atoms in total. The molecule has 2 rings (SSSR count). The summed E-state index contributed by atoms with van der Waals surface area (Å²) in [7, 11) is -3.60. The molecular formula is C14H21ClN2O2S. The van der Waals surface area contributed by atoms with Gasteiger partial charge in [0.1, 0.15) is 4.90 Å². The topological polar surface area (TPSA) is 63.4 Å². The number of rotatable bonds is 3. The summed E-state index contributed by atoms with van der Waals surface area (Å²) < 4.78 is 27.4. The Hall–Kier alpha value is -0.780. The van der Waals surface area contributed by atoms with Gasteiger partial charge < -0.3 is 5.73 Å². The Morgan fingerprint density at radius 3 is 2.65 bits per heavy atom. The number of nitrogens with zero attached hydrogens (tertiary/aromatic N) is 1. The fraction of sp³-hybridized carbons (Fsp3) is 0.571. The molecule has 20 heavy (non-hydrogen) atoms. The van der Waals surface area contributed by atoms with E-state index in [1.807, 2.05) is 20.8 Å². The van der Waals surface area contributed by atoms with E-state index >= 15 is 0 Å². The fourth-order valence-electron chi connectivity index (χ4n) is 2.84. The number of hydrogen-bond acceptors (Lipinski definition) is 3. The Morgan fingerprint density at radius 2 is 2.05 bits per heavy atom. The molecule has 2 unspecified atom stereocenters. The quantitative estimate of drug-likeness (QED) is 0.871. The highest BCUT2D eigenvalue weighted by Crippen LogP contribution is 2.36. The van der Waals surface area contributed by atoms with Crippen LogP contribution >= 0.6 is 11.6 Å². The molecule has 112 valence electrons. The molecule has 0 aliphatic carbocycles. The molecule has 2 N–H and O–H groups in total. The van der Waals surface area contributed by atoms with Crippen molar-refractivity contribution in [3.05, 3.63) is 22.7 Å². The number of anilines is 1. The van der Waals surface area contributed by atoms with Gasteiger partial charge in [-0.1, -0.05) is 18.5 Å². The first-order valence-corrected chi connectivity index (χ1v) is 8.70. The third-order valence-corrected chi connectivity index (χ3v) is 6.59. The lowest BCUT2D eigenvalue weighted by atomic mass is 10.2. The van der Waals surface area contributed by atoms with E-state index in [0.29, 0.717) is 5.69 Å². The van der Waals surface area contributed by atoms with Gasteiger partial charge >= 0.3 is 0 Å². The molecule has 0 radical (unpaired) electrons. The molecule has 0 spiro atoms. The van der Waals surface area contributed by atoms with Crippen molar-refractivity contribution in [2.75, 3.05) is 5.73 Å². The maximum atomic E-state index is 12.9. The van der Waals surface area contributed by atoms with Gasteiger partial charge in [-0.15, -0.1) is 0 Å². The van der Waals surface area contributed by atoms with Crippen molar-refractivity contribution >= 4 is 27.3 Å². The number of benzene rings is 1. The molecule has 1 saturated heterocycles. The highest BCUT2D eigenvalue weighted by molar-refractivity contribution is 7.89. The van der Waals surface area contributed by atoms with E-state index in [4.69, 9.17) is 17.3 Å². The average Bonchev–Trinajstić information content (AvgIpc) is 2.75. The largest absolute Gasteiger partial charge is 0.398 e. The molecule has 1 heterocycles. The summed E-state index contributed by atoms with van der Waals surface area (Å²) in [6.07, 6.45) is 2.59. The smallest absolute Gasteiger partial charge is 0.245 e. The summed E-state index contributed by atoms with van der Waals surface area (Å²) >= 11 is 6.14. The summed E-state index contributed by atoms with van der Waals surface area (Å²) in [5.41, 5.74) is 7.08. The zero-order valence-electron chi connectivity index (χ0n) is 12.1. The number of aryl methyl sites for hydroxylation is 1. The number of nitrogen functional groups attached to an aromatic ring is 1. The second kappa shape index (κ2) is 5.54. The van der Waals surface area contributed by atoms with Gasteiger partial charge in [0, 0.05) is 17.8 Å². The summed E-state index contributed by atoms with van der Waals surface area (Å²) in [4.78, 5) is 0.120. The van der Waals surface area contributed by atoms with E-state index in [2.05, 4.69) is 0 Å². The lowest BCUT2D eigenvalue weighted by Gasteiger charge is -2.27. The monoisotopic (exact) mass is 316 g/mol. The highest BCUT2D eigenvalue weighted by Gasteiger charge is 2.40. The third kappa shape index (κ3) is 2.54. The van der Waals surface area contributed by atoms with Gasteiger partial charge in [-0.05, 0) is 50.8 Å². The second-order valence-corrected chi connectivity index (χ2v) is 7.68. The predicted molar refractivity (Wildman–Crippen MR) is 82.4 cm³/mol. The number of nitrogens with two attached hydrogens (primary N) is 1. The molecule has 1 fully saturated rings. The molecular weight excluding hydrogens is 296 g/mol. The van der Waals surface area contributed by atoms with E-state index in [-0.39, 0.29) is 22.0 Å². The average molecular weight is 317 g/mol. The van der Waals surface area contributed by atoms with Gasteiger partial charge in [0.2, 0.25) is 10.0 Å². The maximum absolute atomic E-state index is 12.9. The van der Waals surface area contributed by atoms with Gasteiger partial charge in [-0.3, -0.25) is 0 Å². The normalized spacial score (nSPS) is 24.2. The first-order valence-electron chi connectivity index (χ1n) is 6.88. The Labute approximate surface area is 126 Å². The number of hydrogen-bond donors (Lipinski definition) is 1. The van der Waals surface area contributed by atoms with Crippen molar-refractivity contribution in [1.29, 1.82) is 0 Å². The van der Waals surface area contributed by atoms with Crippen LogP contribution in [0.5, 0.6) is 0 Å². The van der Waals surface area contributed by atoms with Crippen molar-refractivity contribution in [3.63, 3.8) is 0 Å². The maximum Gasteiger partial charge on any atom is 0.245 e. The molecule has 2 atom stereocenters. The zero-order valence-corrected chi connectivity index (χ0v) is 13.6. The van der Waals surface area contributed by atoms with E-state index in [1.54, 1.807) is 10.4 Å². The Balaban J connectivity index is 2.53. The van der Waals surface area contributed by atoms with Gasteiger partial charge in [0.25, 0.3) is 0 Å². The minimum Gasteiger partial charge on any atom is -0.398 e. The van der Waals surface area contributed by atoms with E-state index in [0.717, 1.165) is 24.8 Å². The van der Waals surface area contributed by atoms with Crippen LogP contribution in [-0.4, -0.2) is 24.8 Å². The van der Waals surface area contributed by atoms with Gasteiger partial charge in [-0.2, -0.15) is 4.31 Å². The lowest BCUT2D eigenvalue weighted by molar-refractivity contribution is 0.329. The summed E-state index contributed by atoms with van der Waals surface area (Å²) in [5, 5.41) is 0.241. The first-order chi connectivity index (χ1) is 9.28. The van der Waals surface area contributed by atoms with Crippen molar-refractivity contribution < 1.29 is 8.42 Å². The van der Waals surface area contributed by atoms with Crippen LogP contribution in [0.1, 0.15) is 38.7 Å². The second-order valence-electron chi connectivity index (χ2n) is 5.46. The van der Waals surface area contributed by atoms with Crippen LogP contribution in [-0.2, 0) is 10.0 Å². The lowest BCUT2D eigenvalue weighted by Crippen LogP contribution is -2.39. The molecule has 1 aromatic carbocycles. The SMILES string of the molecule is CCC1CCC(C)N1S(=O)(=O)c1cc(N)c(C)cc1Cl. The van der Waals surface area contributed by atoms with Gasteiger partial charge in [0.05, 0.1) is 5.02 Å². The molecule has 1 aliphatic heterocycles. The molecule has 0 aromatic heterocycles. The van der Waals surface area contributed by atoms with Crippen molar-refractivity contribution in [2.24, 2.45) is 0 Å². The van der Waals surface area contributed by atoms with Crippen molar-refractivity contribution in [1.82, 2.24) is 4.31 Å². The Kier molecular flexibility index (Phi) is 4.33. The fourth-order valence-corrected chi connectivity index (χ4v) is 5.39. The van der Waals surface area contributed by atoms with Crippen LogP contribution in [0.15, 0.2) is 17.0 Å². The van der Waals surface area contributed by atoms with E-state index < -0.39 is 10.0 Å². The van der Waals surface area contributed by atoms with Crippen LogP contribution in [0.25, 0.3) is 0 Å². The standard InChI is InChI=1S/C14H21ClN2O2S/c1-4-11-6-5-10(3)17(11)20(18,19)14-8-13(16)9(2)7-12(14)15/h7-8,10-11H,4-6,16H2,1-3H3. The van der Waals surface area contributed by atoms with Crippen LogP contribution in [0.3, 0.4) is 0 Å². The molecule has 6 heteroatoms. The Bertz CT molecular complexity index is 616. The minimum atomic E-state index is -3.60. The molecule has 1 aliphatic rings. The van der Waals surface area contributed by atoms with Crippen LogP contribution < -0.4 is 5.73 Å². The summed E-state index contributed by atoms with van der Waals surface area (Å²) in [6.45, 7) is 5.76. The highest BCUT2D eigenvalue weighted by atomic mass is 35.5. The van der Waals surface area contributed by atoms with Gasteiger partial charge in [-0.25, -0.2) is 8.42 Å². The predicted octanol–water partition coefficient (Wildman–Crippen LogP) is 3.18. The van der Waals surface area contributed by atoms with Crippen molar-refractivity contribution in [2.45, 2.75) is 57.0 Å². The first kappa shape index (κ1) is 15.6. The summed E-state index contributed by atoms with van der Waals surface area (Å²) in [5.74, 6) is 0. The molecule has 0 bridgehead atoms. The number of halogens is 1. The Morgan fingerprint density at radius 1 is 1.40 bits per heavy atom. The molecule has 0 amide bonds. The van der Waals surface area contributed by atoms with Crippen LogP contribution in [0.4, 0.5) is 5.69 Å².